The number of hydrogen-bond acceptors (Lipinski definition) is 2. The van der Waals surface area contributed by atoms with E-state index >= 15 is 0 Å². The summed E-state index contributed by atoms with van der Waals surface area (Å²) in [7, 11) is 1.42. The van der Waals surface area contributed by atoms with Crippen LogP contribution >= 0.6 is 0 Å². The molecule has 0 amide bonds. The van der Waals surface area contributed by atoms with Crippen molar-refractivity contribution in [3.63, 3.8) is 0 Å². The summed E-state index contributed by atoms with van der Waals surface area (Å²) in [4.78, 5) is 10.5. The van der Waals surface area contributed by atoms with Crippen LogP contribution in [0.4, 0.5) is 13.2 Å². The number of ether oxygens (including phenoxy) is 1. The van der Waals surface area contributed by atoms with Gasteiger partial charge < -0.3 is 9.84 Å². The summed E-state index contributed by atoms with van der Waals surface area (Å²) in [6, 6.07) is 3.96. The van der Waals surface area contributed by atoms with E-state index in [0.717, 1.165) is 0 Å². The number of alkyl halides is 3. The van der Waals surface area contributed by atoms with Crippen molar-refractivity contribution in [2.45, 2.75) is 25.4 Å². The number of carbonyl (C=O) groups is 1. The van der Waals surface area contributed by atoms with E-state index in [4.69, 9.17) is 9.84 Å². The molecule has 0 aliphatic rings. The maximum Gasteiger partial charge on any atom is 0.396 e. The number of rotatable bonds is 4. The van der Waals surface area contributed by atoms with Gasteiger partial charge in [0.2, 0.25) is 0 Å². The monoisotopic (exact) mass is 262 g/mol. The number of carboxylic acid groups (broad SMARTS) is 1. The SMILES string of the molecule is COc1ccc(C(CC(=O)O)C(F)(F)F)cc1C. The number of benzene rings is 1. The van der Waals surface area contributed by atoms with Gasteiger partial charge in [0.15, 0.2) is 0 Å². The van der Waals surface area contributed by atoms with Gasteiger partial charge in [0.1, 0.15) is 5.75 Å². The summed E-state index contributed by atoms with van der Waals surface area (Å²) in [5, 5.41) is 8.55. The summed E-state index contributed by atoms with van der Waals surface area (Å²) in [6.45, 7) is 1.61. The fourth-order valence-electron chi connectivity index (χ4n) is 1.72. The minimum Gasteiger partial charge on any atom is -0.496 e. The molecule has 1 unspecified atom stereocenters. The molecule has 0 radical (unpaired) electrons. The molecule has 0 fully saturated rings. The second-order valence-electron chi connectivity index (χ2n) is 3.92. The van der Waals surface area contributed by atoms with Crippen molar-refractivity contribution in [1.82, 2.24) is 0 Å². The first-order chi connectivity index (χ1) is 8.25. The summed E-state index contributed by atoms with van der Waals surface area (Å²) in [5.41, 5.74) is 0.470. The Bertz CT molecular complexity index is 441. The van der Waals surface area contributed by atoms with Crippen LogP contribution in [0.5, 0.6) is 5.75 Å². The van der Waals surface area contributed by atoms with Gasteiger partial charge in [-0.2, -0.15) is 13.2 Å². The molecule has 1 atom stereocenters. The van der Waals surface area contributed by atoms with E-state index in [2.05, 4.69) is 0 Å². The summed E-state index contributed by atoms with van der Waals surface area (Å²) in [6.07, 6.45) is -5.56. The molecular formula is C12H13F3O3. The number of aryl methyl sites for hydroxylation is 1. The quantitative estimate of drug-likeness (QED) is 0.906. The van der Waals surface area contributed by atoms with Crippen LogP contribution in [0, 0.1) is 6.92 Å². The summed E-state index contributed by atoms with van der Waals surface area (Å²) >= 11 is 0. The van der Waals surface area contributed by atoms with Crippen LogP contribution in [-0.4, -0.2) is 24.4 Å². The van der Waals surface area contributed by atoms with Crippen molar-refractivity contribution in [3.8, 4) is 5.75 Å². The highest BCUT2D eigenvalue weighted by molar-refractivity contribution is 5.68. The number of aliphatic carboxylic acids is 1. The molecule has 18 heavy (non-hydrogen) atoms. The zero-order valence-corrected chi connectivity index (χ0v) is 9.91. The Hall–Kier alpha value is -1.72. The Kier molecular flexibility index (Phi) is 4.21. The van der Waals surface area contributed by atoms with E-state index < -0.39 is 24.5 Å². The third-order valence-electron chi connectivity index (χ3n) is 2.60. The molecule has 1 rings (SSSR count). The van der Waals surface area contributed by atoms with Gasteiger partial charge in [-0.1, -0.05) is 12.1 Å². The molecule has 0 bridgehead atoms. The molecular weight excluding hydrogens is 249 g/mol. The fourth-order valence-corrected chi connectivity index (χ4v) is 1.72. The van der Waals surface area contributed by atoms with Crippen LogP contribution in [0.3, 0.4) is 0 Å². The van der Waals surface area contributed by atoms with Crippen LogP contribution < -0.4 is 4.74 Å². The van der Waals surface area contributed by atoms with Gasteiger partial charge in [-0.3, -0.25) is 4.79 Å². The number of methoxy groups -OCH3 is 1. The molecule has 100 valence electrons. The molecule has 0 saturated heterocycles. The van der Waals surface area contributed by atoms with Gasteiger partial charge in [0.25, 0.3) is 0 Å². The van der Waals surface area contributed by atoms with Crippen LogP contribution in [0.25, 0.3) is 0 Å². The van der Waals surface area contributed by atoms with Crippen molar-refractivity contribution in [1.29, 1.82) is 0 Å². The highest BCUT2D eigenvalue weighted by atomic mass is 19.4. The molecule has 0 aliphatic heterocycles. The van der Waals surface area contributed by atoms with Crippen molar-refractivity contribution in [2.75, 3.05) is 7.11 Å². The average molecular weight is 262 g/mol. The third-order valence-corrected chi connectivity index (χ3v) is 2.60. The molecule has 0 saturated carbocycles. The number of hydrogen-bond donors (Lipinski definition) is 1. The third kappa shape index (κ3) is 3.38. The van der Waals surface area contributed by atoms with E-state index in [1.54, 1.807) is 6.92 Å². The van der Waals surface area contributed by atoms with Crippen LogP contribution in [0.1, 0.15) is 23.5 Å². The number of halogens is 3. The molecule has 0 aliphatic carbocycles. The Balaban J connectivity index is 3.13. The van der Waals surface area contributed by atoms with E-state index in [-0.39, 0.29) is 5.56 Å². The fraction of sp³-hybridized carbons (Fsp3) is 0.417. The lowest BCUT2D eigenvalue weighted by atomic mass is 9.93. The van der Waals surface area contributed by atoms with Crippen molar-refractivity contribution in [2.24, 2.45) is 0 Å². The maximum absolute atomic E-state index is 12.8. The Morgan fingerprint density at radius 1 is 1.44 bits per heavy atom. The zero-order chi connectivity index (χ0) is 13.9. The Morgan fingerprint density at radius 2 is 2.06 bits per heavy atom. The Morgan fingerprint density at radius 3 is 2.44 bits per heavy atom. The van der Waals surface area contributed by atoms with Gasteiger partial charge in [0.05, 0.1) is 19.4 Å². The van der Waals surface area contributed by atoms with Crippen LogP contribution in [0.15, 0.2) is 18.2 Å². The van der Waals surface area contributed by atoms with E-state index in [1.165, 1.54) is 25.3 Å². The highest BCUT2D eigenvalue weighted by Crippen LogP contribution is 2.38. The largest absolute Gasteiger partial charge is 0.496 e. The first-order valence-electron chi connectivity index (χ1n) is 5.18. The summed E-state index contributed by atoms with van der Waals surface area (Å²) in [5.74, 6) is -3.01. The predicted octanol–water partition coefficient (Wildman–Crippen LogP) is 3.12. The molecule has 3 nitrogen and oxygen atoms in total. The molecule has 1 aromatic rings. The van der Waals surface area contributed by atoms with Crippen molar-refractivity contribution < 1.29 is 27.8 Å². The van der Waals surface area contributed by atoms with Gasteiger partial charge in [-0.05, 0) is 24.1 Å². The average Bonchev–Trinajstić information content (AvgIpc) is 2.24. The first kappa shape index (κ1) is 14.3. The lowest BCUT2D eigenvalue weighted by Crippen LogP contribution is -2.23. The Labute approximate surface area is 102 Å². The molecule has 6 heteroatoms. The van der Waals surface area contributed by atoms with E-state index in [1.807, 2.05) is 0 Å². The smallest absolute Gasteiger partial charge is 0.396 e. The van der Waals surface area contributed by atoms with Gasteiger partial charge in [0, 0.05) is 0 Å². The lowest BCUT2D eigenvalue weighted by molar-refractivity contribution is -0.163. The topological polar surface area (TPSA) is 46.5 Å². The number of carboxylic acids is 1. The highest BCUT2D eigenvalue weighted by Gasteiger charge is 2.42. The molecule has 0 heterocycles. The molecule has 0 aromatic heterocycles. The first-order valence-corrected chi connectivity index (χ1v) is 5.18. The summed E-state index contributed by atoms with van der Waals surface area (Å²) < 4.78 is 43.3. The van der Waals surface area contributed by atoms with E-state index in [0.29, 0.717) is 11.3 Å². The van der Waals surface area contributed by atoms with Crippen LogP contribution in [0.2, 0.25) is 0 Å². The lowest BCUT2D eigenvalue weighted by Gasteiger charge is -2.20. The maximum atomic E-state index is 12.8. The minimum atomic E-state index is -4.58. The molecule has 1 aromatic carbocycles. The van der Waals surface area contributed by atoms with Crippen molar-refractivity contribution in [3.05, 3.63) is 29.3 Å². The molecule has 1 N–H and O–H groups in total. The molecule has 0 spiro atoms. The van der Waals surface area contributed by atoms with Crippen molar-refractivity contribution >= 4 is 5.97 Å². The van der Waals surface area contributed by atoms with Gasteiger partial charge in [-0.15, -0.1) is 0 Å². The normalized spacial score (nSPS) is 13.2. The van der Waals surface area contributed by atoms with Gasteiger partial charge in [-0.25, -0.2) is 0 Å². The van der Waals surface area contributed by atoms with E-state index in [9.17, 15) is 18.0 Å². The standard InChI is InChI=1S/C12H13F3O3/c1-7-5-8(3-4-10(7)18-2)9(6-11(16)17)12(13,14)15/h3-5,9H,6H2,1-2H3,(H,16,17). The van der Waals surface area contributed by atoms with Gasteiger partial charge >= 0.3 is 12.1 Å². The second kappa shape index (κ2) is 5.29. The second-order valence-corrected chi connectivity index (χ2v) is 3.92. The van der Waals surface area contributed by atoms with Crippen LogP contribution in [-0.2, 0) is 4.79 Å². The predicted molar refractivity (Wildman–Crippen MR) is 58.8 cm³/mol. The zero-order valence-electron chi connectivity index (χ0n) is 9.91. The minimum absolute atomic E-state index is 0.0665.